The van der Waals surface area contributed by atoms with Crippen LogP contribution in [0.3, 0.4) is 0 Å². The van der Waals surface area contributed by atoms with E-state index >= 15 is 0 Å². The minimum Gasteiger partial charge on any atom is -0.346 e. The molecule has 1 aliphatic rings. The maximum atomic E-state index is 12.0. The molecular weight excluding hydrogens is 308 g/mol. The lowest BCUT2D eigenvalue weighted by Gasteiger charge is -2.22. The average molecular weight is 326 g/mol. The van der Waals surface area contributed by atoms with Gasteiger partial charge in [-0.2, -0.15) is 10.2 Å². The number of carbonyl (C=O) groups is 2. The predicted molar refractivity (Wildman–Crippen MR) is 84.6 cm³/mol. The molecule has 0 bridgehead atoms. The number of nitrogens with zero attached hydrogens (tertiary/aromatic N) is 5. The van der Waals surface area contributed by atoms with Crippen LogP contribution in [0, 0.1) is 0 Å². The molecule has 0 aromatic carbocycles. The molecule has 124 valence electrons. The Kier molecular flexibility index (Phi) is 4.74. The largest absolute Gasteiger partial charge is 0.346 e. The molecule has 1 saturated heterocycles. The van der Waals surface area contributed by atoms with Crippen molar-refractivity contribution in [3.05, 3.63) is 47.8 Å². The van der Waals surface area contributed by atoms with Gasteiger partial charge in [0.1, 0.15) is 0 Å². The molecule has 8 heteroatoms. The summed E-state index contributed by atoms with van der Waals surface area (Å²) in [5, 5.41) is 10.1. The van der Waals surface area contributed by atoms with Gasteiger partial charge in [-0.1, -0.05) is 0 Å². The molecule has 2 amide bonds. The van der Waals surface area contributed by atoms with Gasteiger partial charge in [0.15, 0.2) is 0 Å². The second-order valence-corrected chi connectivity index (χ2v) is 5.62. The second kappa shape index (κ2) is 7.12. The van der Waals surface area contributed by atoms with E-state index in [4.69, 9.17) is 0 Å². The summed E-state index contributed by atoms with van der Waals surface area (Å²) in [6.45, 7) is 2.57. The first-order valence-corrected chi connectivity index (χ1v) is 7.78. The number of hydrogen-bond donors (Lipinski definition) is 1. The number of nitrogens with one attached hydrogen (secondary N) is 1. The Morgan fingerprint density at radius 2 is 2.17 bits per heavy atom. The maximum Gasteiger partial charge on any atom is 0.253 e. The minimum atomic E-state index is -0.247. The Morgan fingerprint density at radius 3 is 2.92 bits per heavy atom. The molecule has 0 radical (unpaired) electrons. The van der Waals surface area contributed by atoms with Gasteiger partial charge in [-0.3, -0.25) is 19.6 Å². The van der Waals surface area contributed by atoms with Crippen molar-refractivity contribution in [1.29, 1.82) is 0 Å². The third-order valence-corrected chi connectivity index (χ3v) is 3.98. The third kappa shape index (κ3) is 3.53. The van der Waals surface area contributed by atoms with Crippen molar-refractivity contribution in [2.75, 3.05) is 6.54 Å². The lowest BCUT2D eigenvalue weighted by Crippen LogP contribution is -2.29. The lowest BCUT2D eigenvalue weighted by molar-refractivity contribution is -0.129. The zero-order chi connectivity index (χ0) is 16.9. The van der Waals surface area contributed by atoms with Crippen LogP contribution < -0.4 is 5.32 Å². The topological polar surface area (TPSA) is 101 Å². The van der Waals surface area contributed by atoms with Gasteiger partial charge in [0, 0.05) is 13.5 Å². The first-order chi connectivity index (χ1) is 11.6. The smallest absolute Gasteiger partial charge is 0.253 e. The van der Waals surface area contributed by atoms with Crippen molar-refractivity contribution in [3.8, 4) is 0 Å². The zero-order valence-corrected chi connectivity index (χ0v) is 13.3. The lowest BCUT2D eigenvalue weighted by atomic mass is 10.1. The Hall–Kier alpha value is -2.90. The van der Waals surface area contributed by atoms with Crippen LogP contribution in [-0.2, 0) is 11.3 Å². The van der Waals surface area contributed by atoms with Crippen LogP contribution >= 0.6 is 0 Å². The Labute approximate surface area is 139 Å². The molecule has 1 fully saturated rings. The molecule has 2 aromatic heterocycles. The number of amides is 2. The summed E-state index contributed by atoms with van der Waals surface area (Å²) < 4.78 is 0. The summed E-state index contributed by atoms with van der Waals surface area (Å²) >= 11 is 0. The highest BCUT2D eigenvalue weighted by molar-refractivity contribution is 5.93. The molecule has 8 nitrogen and oxygen atoms in total. The molecule has 24 heavy (non-hydrogen) atoms. The van der Waals surface area contributed by atoms with Gasteiger partial charge in [-0.15, -0.1) is 0 Å². The van der Waals surface area contributed by atoms with Gasteiger partial charge in [-0.05, 0) is 18.9 Å². The Balaban J connectivity index is 1.67. The molecule has 0 unspecified atom stereocenters. The van der Waals surface area contributed by atoms with Crippen LogP contribution in [0.1, 0.15) is 47.6 Å². The molecule has 1 aliphatic heterocycles. The van der Waals surface area contributed by atoms with Gasteiger partial charge in [-0.25, -0.2) is 0 Å². The number of likely N-dealkylation sites (tertiary alicyclic amines) is 1. The second-order valence-electron chi connectivity index (χ2n) is 5.62. The van der Waals surface area contributed by atoms with E-state index < -0.39 is 0 Å². The molecule has 0 aliphatic carbocycles. The fourth-order valence-corrected chi connectivity index (χ4v) is 2.82. The average Bonchev–Trinajstić information content (AvgIpc) is 3.11. The zero-order valence-electron chi connectivity index (χ0n) is 13.3. The van der Waals surface area contributed by atoms with Gasteiger partial charge in [0.25, 0.3) is 5.91 Å². The summed E-state index contributed by atoms with van der Waals surface area (Å²) in [7, 11) is 0. The highest BCUT2D eigenvalue weighted by Gasteiger charge is 2.29. The van der Waals surface area contributed by atoms with Crippen LogP contribution in [0.5, 0.6) is 0 Å². The van der Waals surface area contributed by atoms with Crippen molar-refractivity contribution >= 4 is 11.8 Å². The minimum absolute atomic E-state index is 0.0324. The fraction of sp³-hybridized carbons (Fsp3) is 0.375. The van der Waals surface area contributed by atoms with E-state index in [9.17, 15) is 9.59 Å². The van der Waals surface area contributed by atoms with E-state index in [2.05, 4.69) is 25.5 Å². The van der Waals surface area contributed by atoms with E-state index in [-0.39, 0.29) is 24.4 Å². The van der Waals surface area contributed by atoms with E-state index in [0.29, 0.717) is 11.3 Å². The molecule has 3 heterocycles. The van der Waals surface area contributed by atoms with Crippen LogP contribution in [-0.4, -0.2) is 43.4 Å². The summed E-state index contributed by atoms with van der Waals surface area (Å²) in [5.74, 6) is -0.202. The van der Waals surface area contributed by atoms with Crippen LogP contribution in [0.2, 0.25) is 0 Å². The normalized spacial score (nSPS) is 16.9. The van der Waals surface area contributed by atoms with Crippen molar-refractivity contribution in [3.63, 3.8) is 0 Å². The highest BCUT2D eigenvalue weighted by atomic mass is 16.2. The van der Waals surface area contributed by atoms with Gasteiger partial charge >= 0.3 is 0 Å². The molecule has 0 saturated carbocycles. The standard InChI is InChI=1S/C16H18N6O2/c1-11(23)22-6-2-3-15(22)14-10-17-8-13(21-14)9-18-16(24)12-4-5-19-20-7-12/h4-5,7-8,10,15H,2-3,6,9H2,1H3,(H,18,24)/t15-/m1/s1. The van der Waals surface area contributed by atoms with Crippen molar-refractivity contribution in [1.82, 2.24) is 30.4 Å². The van der Waals surface area contributed by atoms with E-state index in [1.807, 2.05) is 4.90 Å². The highest BCUT2D eigenvalue weighted by Crippen LogP contribution is 2.30. The molecule has 0 spiro atoms. The van der Waals surface area contributed by atoms with Crippen molar-refractivity contribution in [2.45, 2.75) is 32.4 Å². The van der Waals surface area contributed by atoms with Gasteiger partial charge < -0.3 is 10.2 Å². The predicted octanol–water partition coefficient (Wildman–Crippen LogP) is 0.880. The van der Waals surface area contributed by atoms with Crippen molar-refractivity contribution < 1.29 is 9.59 Å². The Bertz CT molecular complexity index is 736. The summed E-state index contributed by atoms with van der Waals surface area (Å²) in [6, 6.07) is 1.56. The van der Waals surface area contributed by atoms with Crippen molar-refractivity contribution in [2.24, 2.45) is 0 Å². The number of aromatic nitrogens is 4. The summed E-state index contributed by atoms with van der Waals surface area (Å²) in [6.07, 6.45) is 8.01. The fourth-order valence-electron chi connectivity index (χ4n) is 2.82. The van der Waals surface area contributed by atoms with Gasteiger partial charge in [0.05, 0.1) is 54.3 Å². The SMILES string of the molecule is CC(=O)N1CCC[C@@H]1c1cncc(CNC(=O)c2ccnnc2)n1. The van der Waals surface area contributed by atoms with Crippen LogP contribution in [0.15, 0.2) is 30.9 Å². The van der Waals surface area contributed by atoms with Crippen LogP contribution in [0.4, 0.5) is 0 Å². The number of carbonyl (C=O) groups excluding carboxylic acids is 2. The molecule has 3 rings (SSSR count). The third-order valence-electron chi connectivity index (χ3n) is 3.98. The van der Waals surface area contributed by atoms with E-state index in [0.717, 1.165) is 25.1 Å². The molecule has 1 N–H and O–H groups in total. The molecule has 2 aromatic rings. The quantitative estimate of drug-likeness (QED) is 0.895. The maximum absolute atomic E-state index is 12.0. The molecule has 1 atom stereocenters. The Morgan fingerprint density at radius 1 is 1.29 bits per heavy atom. The monoisotopic (exact) mass is 326 g/mol. The molecular formula is C16H18N6O2. The van der Waals surface area contributed by atoms with Gasteiger partial charge in [0.2, 0.25) is 5.91 Å². The van der Waals surface area contributed by atoms with E-state index in [1.165, 1.54) is 12.4 Å². The first-order valence-electron chi connectivity index (χ1n) is 7.78. The van der Waals surface area contributed by atoms with Crippen LogP contribution in [0.25, 0.3) is 0 Å². The summed E-state index contributed by atoms with van der Waals surface area (Å²) in [4.78, 5) is 34.3. The number of rotatable bonds is 4. The summed E-state index contributed by atoms with van der Waals surface area (Å²) in [5.41, 5.74) is 1.85. The number of hydrogen-bond acceptors (Lipinski definition) is 6. The first kappa shape index (κ1) is 16.0. The van der Waals surface area contributed by atoms with E-state index in [1.54, 1.807) is 25.4 Å².